The average molecular weight is 289 g/mol. The van der Waals surface area contributed by atoms with Gasteiger partial charge in [-0.15, -0.1) is 0 Å². The maximum Gasteiger partial charge on any atom is 0.167 e. The van der Waals surface area contributed by atoms with E-state index in [1.54, 1.807) is 18.2 Å². The minimum absolute atomic E-state index is 0.0705. The third kappa shape index (κ3) is 3.52. The zero-order valence-electron chi connectivity index (χ0n) is 12.6. The average Bonchev–Trinajstić information content (AvgIpc) is 2.53. The van der Waals surface area contributed by atoms with Crippen LogP contribution in [-0.2, 0) is 0 Å². The monoisotopic (exact) mass is 289 g/mol. The molecular formula is C18H24FNO. The fraction of sp³-hybridized carbons (Fsp3) is 0.611. The van der Waals surface area contributed by atoms with Crippen LogP contribution in [0.2, 0.25) is 0 Å². The lowest BCUT2D eigenvalue weighted by Crippen LogP contribution is -2.42. The lowest BCUT2D eigenvalue weighted by atomic mass is 9.75. The third-order valence-corrected chi connectivity index (χ3v) is 5.20. The number of likely N-dealkylation sites (tertiary alicyclic amines) is 1. The Labute approximate surface area is 126 Å². The highest BCUT2D eigenvalue weighted by atomic mass is 19.1. The molecule has 0 aromatic heterocycles. The number of piperidine rings is 1. The van der Waals surface area contributed by atoms with Crippen LogP contribution in [0, 0.1) is 17.7 Å². The highest BCUT2D eigenvalue weighted by molar-refractivity contribution is 5.96. The van der Waals surface area contributed by atoms with Crippen molar-refractivity contribution in [3.05, 3.63) is 35.6 Å². The molecule has 3 heteroatoms. The fourth-order valence-electron chi connectivity index (χ4n) is 3.96. The second kappa shape index (κ2) is 6.69. The molecule has 1 aromatic carbocycles. The summed E-state index contributed by atoms with van der Waals surface area (Å²) in [4.78, 5) is 14.5. The van der Waals surface area contributed by atoms with Crippen LogP contribution < -0.4 is 0 Å². The normalized spacial score (nSPS) is 26.3. The molecule has 2 nitrogen and oxygen atoms in total. The predicted octanol–water partition coefficient (Wildman–Crippen LogP) is 3.91. The summed E-state index contributed by atoms with van der Waals surface area (Å²) in [6.45, 7) is 3.01. The smallest absolute Gasteiger partial charge is 0.167 e. The Bertz CT molecular complexity index is 502. The van der Waals surface area contributed by atoms with Crippen molar-refractivity contribution in [2.24, 2.45) is 11.8 Å². The van der Waals surface area contributed by atoms with E-state index in [2.05, 4.69) is 4.90 Å². The van der Waals surface area contributed by atoms with E-state index in [-0.39, 0.29) is 11.3 Å². The number of fused-ring (bicyclic) bond motifs is 1. The van der Waals surface area contributed by atoms with Gasteiger partial charge < -0.3 is 4.90 Å². The molecule has 1 heterocycles. The summed E-state index contributed by atoms with van der Waals surface area (Å²) in [5.41, 5.74) is 0.241. The van der Waals surface area contributed by atoms with Crippen molar-refractivity contribution in [1.29, 1.82) is 0 Å². The van der Waals surface area contributed by atoms with Crippen LogP contribution in [-0.4, -0.2) is 30.3 Å². The molecule has 21 heavy (non-hydrogen) atoms. The number of ketones is 1. The molecule has 0 spiro atoms. The van der Waals surface area contributed by atoms with Gasteiger partial charge >= 0.3 is 0 Å². The second-order valence-electron chi connectivity index (χ2n) is 6.55. The summed E-state index contributed by atoms with van der Waals surface area (Å²) >= 11 is 0. The molecule has 1 aliphatic heterocycles. The number of Topliss-reactive ketones (excluding diaryl/α,β-unsaturated/α-hetero) is 1. The van der Waals surface area contributed by atoms with E-state index in [0.29, 0.717) is 6.42 Å². The Kier molecular flexibility index (Phi) is 4.69. The van der Waals surface area contributed by atoms with Gasteiger partial charge in [0.25, 0.3) is 0 Å². The van der Waals surface area contributed by atoms with Crippen LogP contribution in [0.15, 0.2) is 24.3 Å². The zero-order valence-corrected chi connectivity index (χ0v) is 12.6. The van der Waals surface area contributed by atoms with Crippen molar-refractivity contribution in [2.75, 3.05) is 19.6 Å². The molecule has 0 N–H and O–H groups in total. The molecule has 3 rings (SSSR count). The Hall–Kier alpha value is -1.22. The number of hydrogen-bond donors (Lipinski definition) is 0. The van der Waals surface area contributed by atoms with E-state index < -0.39 is 5.82 Å². The van der Waals surface area contributed by atoms with Gasteiger partial charge in [0, 0.05) is 19.5 Å². The lowest BCUT2D eigenvalue weighted by Gasteiger charge is -2.41. The van der Waals surface area contributed by atoms with Crippen molar-refractivity contribution in [3.63, 3.8) is 0 Å². The van der Waals surface area contributed by atoms with E-state index in [1.807, 2.05) is 0 Å². The summed E-state index contributed by atoms with van der Waals surface area (Å²) in [5, 5.41) is 0. The number of hydrogen-bond acceptors (Lipinski definition) is 2. The first-order chi connectivity index (χ1) is 10.2. The molecule has 114 valence electrons. The van der Waals surface area contributed by atoms with Crippen LogP contribution in [0.5, 0.6) is 0 Å². The molecule has 1 saturated carbocycles. The van der Waals surface area contributed by atoms with Crippen LogP contribution in [0.1, 0.15) is 48.9 Å². The largest absolute Gasteiger partial charge is 0.303 e. The minimum atomic E-state index is -0.395. The molecule has 1 aromatic rings. The summed E-state index contributed by atoms with van der Waals surface area (Å²) in [5.74, 6) is 1.28. The van der Waals surface area contributed by atoms with Gasteiger partial charge in [-0.1, -0.05) is 31.4 Å². The minimum Gasteiger partial charge on any atom is -0.303 e. The molecule has 0 amide bonds. The molecule has 2 aliphatic rings. The molecule has 1 saturated heterocycles. The first-order valence-corrected chi connectivity index (χ1v) is 8.24. The second-order valence-corrected chi connectivity index (χ2v) is 6.55. The number of carbonyl (C=O) groups excluding carboxylic acids is 1. The van der Waals surface area contributed by atoms with E-state index in [1.165, 1.54) is 38.2 Å². The topological polar surface area (TPSA) is 20.3 Å². The van der Waals surface area contributed by atoms with Crippen molar-refractivity contribution >= 4 is 5.78 Å². The molecule has 0 bridgehead atoms. The summed E-state index contributed by atoms with van der Waals surface area (Å²) in [6.07, 6.45) is 7.21. The van der Waals surface area contributed by atoms with Gasteiger partial charge in [-0.2, -0.15) is 0 Å². The summed E-state index contributed by atoms with van der Waals surface area (Å²) in [6, 6.07) is 6.30. The van der Waals surface area contributed by atoms with Gasteiger partial charge in [0.2, 0.25) is 0 Å². The van der Waals surface area contributed by atoms with Crippen LogP contribution in [0.3, 0.4) is 0 Å². The maximum atomic E-state index is 13.6. The van der Waals surface area contributed by atoms with Crippen LogP contribution in [0.4, 0.5) is 4.39 Å². The maximum absolute atomic E-state index is 13.6. The van der Waals surface area contributed by atoms with Crippen LogP contribution >= 0.6 is 0 Å². The van der Waals surface area contributed by atoms with Crippen molar-refractivity contribution in [1.82, 2.24) is 4.90 Å². The molecular weight excluding hydrogens is 265 g/mol. The van der Waals surface area contributed by atoms with Gasteiger partial charge in [0.05, 0.1) is 5.56 Å². The fourth-order valence-corrected chi connectivity index (χ4v) is 3.96. The third-order valence-electron chi connectivity index (χ3n) is 5.20. The molecule has 2 atom stereocenters. The SMILES string of the molecule is O=C(CCN1CCC2CCCCC2C1)c1ccccc1F. The van der Waals surface area contributed by atoms with Crippen LogP contribution in [0.25, 0.3) is 0 Å². The number of nitrogens with zero attached hydrogens (tertiary/aromatic N) is 1. The van der Waals surface area contributed by atoms with Crippen molar-refractivity contribution in [2.45, 2.75) is 38.5 Å². The number of rotatable bonds is 4. The standard InChI is InChI=1S/C18H24FNO/c19-17-8-4-3-7-16(17)18(21)10-12-20-11-9-14-5-1-2-6-15(14)13-20/h3-4,7-8,14-15H,1-2,5-6,9-13H2. The first kappa shape index (κ1) is 14.7. The molecule has 2 unspecified atom stereocenters. The first-order valence-electron chi connectivity index (χ1n) is 8.24. The highest BCUT2D eigenvalue weighted by Gasteiger charge is 2.31. The van der Waals surface area contributed by atoms with E-state index in [0.717, 1.165) is 31.5 Å². The van der Waals surface area contributed by atoms with E-state index >= 15 is 0 Å². The Balaban J connectivity index is 1.51. The summed E-state index contributed by atoms with van der Waals surface area (Å²) < 4.78 is 13.6. The van der Waals surface area contributed by atoms with Gasteiger partial charge in [-0.3, -0.25) is 4.79 Å². The molecule has 0 radical (unpaired) electrons. The zero-order chi connectivity index (χ0) is 14.7. The van der Waals surface area contributed by atoms with Gasteiger partial charge in [0.15, 0.2) is 5.78 Å². The molecule has 1 aliphatic carbocycles. The van der Waals surface area contributed by atoms with Crippen molar-refractivity contribution in [3.8, 4) is 0 Å². The van der Waals surface area contributed by atoms with Crippen molar-refractivity contribution < 1.29 is 9.18 Å². The Morgan fingerprint density at radius 1 is 1.14 bits per heavy atom. The molecule has 2 fully saturated rings. The van der Waals surface area contributed by atoms with Gasteiger partial charge in [-0.25, -0.2) is 4.39 Å². The van der Waals surface area contributed by atoms with Gasteiger partial charge in [-0.05, 0) is 43.4 Å². The summed E-state index contributed by atoms with van der Waals surface area (Å²) in [7, 11) is 0. The highest BCUT2D eigenvalue weighted by Crippen LogP contribution is 2.36. The van der Waals surface area contributed by atoms with Gasteiger partial charge in [0.1, 0.15) is 5.82 Å². The number of benzene rings is 1. The number of halogens is 1. The van der Waals surface area contributed by atoms with E-state index in [4.69, 9.17) is 0 Å². The Morgan fingerprint density at radius 2 is 1.90 bits per heavy atom. The lowest BCUT2D eigenvalue weighted by molar-refractivity contribution is 0.0786. The quantitative estimate of drug-likeness (QED) is 0.783. The predicted molar refractivity (Wildman–Crippen MR) is 81.9 cm³/mol. The van der Waals surface area contributed by atoms with E-state index in [9.17, 15) is 9.18 Å². The number of carbonyl (C=O) groups is 1. The Morgan fingerprint density at radius 3 is 2.71 bits per heavy atom.